The van der Waals surface area contributed by atoms with Gasteiger partial charge in [-0.25, -0.2) is 10.1 Å². The number of hydrogen-bond donors (Lipinski definition) is 2. The average Bonchev–Trinajstić information content (AvgIpc) is 3.38. The average molecular weight is 410 g/mol. The van der Waals surface area contributed by atoms with Crippen molar-refractivity contribution in [2.45, 2.75) is 26.3 Å². The third kappa shape index (κ3) is 3.72. The number of tetrazole rings is 1. The molecule has 2 aromatic carbocycles. The highest BCUT2D eigenvalue weighted by atomic mass is 35.5. The van der Waals surface area contributed by atoms with Crippen LogP contribution in [0, 0.1) is 0 Å². The first kappa shape index (κ1) is 19.4. The largest absolute Gasteiger partial charge is 0.386 e. The van der Waals surface area contributed by atoms with Crippen molar-refractivity contribution >= 4 is 17.6 Å². The molecule has 0 fully saturated rings. The Morgan fingerprint density at radius 1 is 1.07 bits per heavy atom. The number of amidine groups is 1. The van der Waals surface area contributed by atoms with E-state index in [0.29, 0.717) is 18.1 Å². The smallest absolute Gasteiger partial charge is 0.226 e. The van der Waals surface area contributed by atoms with Gasteiger partial charge in [0.2, 0.25) is 5.84 Å². The number of nitrogens with one attached hydrogen (secondary N) is 1. The molecule has 3 aromatic rings. The molecule has 2 N–H and O–H groups in total. The summed E-state index contributed by atoms with van der Waals surface area (Å²) in [5.41, 5.74) is 4.80. The number of hydrogen-bond acceptors (Lipinski definition) is 5. The van der Waals surface area contributed by atoms with E-state index in [1.54, 1.807) is 6.20 Å². The maximum atomic E-state index is 9.72. The summed E-state index contributed by atoms with van der Waals surface area (Å²) in [6, 6.07) is 16.2. The quantitative estimate of drug-likeness (QED) is 0.576. The number of aromatic nitrogens is 4. The third-order valence-electron chi connectivity index (χ3n) is 5.06. The Bertz CT molecular complexity index is 1050. The summed E-state index contributed by atoms with van der Waals surface area (Å²) in [4.78, 5) is 4.44. The number of aromatic amines is 1. The molecule has 0 amide bonds. The topological polar surface area (TPSA) is 87.1 Å². The Balaban J connectivity index is 1.61. The summed E-state index contributed by atoms with van der Waals surface area (Å²) in [6.45, 7) is 2.51. The zero-order valence-electron chi connectivity index (χ0n) is 16.1. The fourth-order valence-corrected chi connectivity index (χ4v) is 3.93. The van der Waals surface area contributed by atoms with E-state index in [0.717, 1.165) is 40.9 Å². The first-order valence-corrected chi connectivity index (χ1v) is 9.87. The van der Waals surface area contributed by atoms with Gasteiger partial charge in [0.15, 0.2) is 23.3 Å². The molecule has 0 bridgehead atoms. The number of rotatable bonds is 7. The molecule has 7 nitrogen and oxygen atoms in total. The van der Waals surface area contributed by atoms with E-state index in [1.165, 1.54) is 0 Å². The monoisotopic (exact) mass is 409 g/mol. The highest BCUT2D eigenvalue weighted by Gasteiger charge is 2.41. The lowest BCUT2D eigenvalue weighted by molar-refractivity contribution is -0.692. The van der Waals surface area contributed by atoms with Crippen LogP contribution in [0.4, 0.5) is 0 Å². The molecule has 4 rings (SSSR count). The molecule has 0 saturated heterocycles. The highest BCUT2D eigenvalue weighted by molar-refractivity contribution is 6.14. The molecular formula is C21H22ClN6O+. The minimum atomic E-state index is -0.114. The van der Waals surface area contributed by atoms with E-state index in [4.69, 9.17) is 11.8 Å². The molecule has 1 unspecified atom stereocenters. The fraction of sp³-hybridized carbons (Fsp3) is 0.238. The second kappa shape index (κ2) is 8.24. The van der Waals surface area contributed by atoms with E-state index in [2.05, 4.69) is 56.8 Å². The Labute approximate surface area is 174 Å². The number of aliphatic hydroxyl groups excluding tert-OH is 1. The van der Waals surface area contributed by atoms with Gasteiger partial charge >= 0.3 is 0 Å². The van der Waals surface area contributed by atoms with E-state index in [-0.39, 0.29) is 10.6 Å². The molecule has 0 aliphatic carbocycles. The maximum absolute atomic E-state index is 9.72. The van der Waals surface area contributed by atoms with Crippen molar-refractivity contribution in [1.29, 1.82) is 0 Å². The van der Waals surface area contributed by atoms with Crippen molar-refractivity contribution in [3.63, 3.8) is 0 Å². The maximum Gasteiger partial charge on any atom is 0.226 e. The molecule has 29 heavy (non-hydrogen) atoms. The summed E-state index contributed by atoms with van der Waals surface area (Å²) in [6.07, 6.45) is 3.43. The van der Waals surface area contributed by atoms with Gasteiger partial charge in [0, 0.05) is 17.5 Å². The normalized spacial score (nSPS) is 18.6. The summed E-state index contributed by atoms with van der Waals surface area (Å²) in [5.74, 6) is 1.50. The van der Waals surface area contributed by atoms with Gasteiger partial charge in [0.1, 0.15) is 13.2 Å². The Hall–Kier alpha value is -2.87. The van der Waals surface area contributed by atoms with Crippen molar-refractivity contribution in [3.05, 3.63) is 66.0 Å². The molecule has 0 radical (unpaired) electrons. The summed E-state index contributed by atoms with van der Waals surface area (Å²) in [5, 5.41) is 23.9. The van der Waals surface area contributed by atoms with Crippen LogP contribution < -0.4 is 0 Å². The predicted molar refractivity (Wildman–Crippen MR) is 112 cm³/mol. The minimum Gasteiger partial charge on any atom is -0.386 e. The third-order valence-corrected chi connectivity index (χ3v) is 5.59. The Morgan fingerprint density at radius 2 is 1.83 bits per heavy atom. The van der Waals surface area contributed by atoms with Crippen LogP contribution in [0.5, 0.6) is 0 Å². The number of halogens is 1. The number of aliphatic hydroxyl groups is 1. The number of H-pyrrole nitrogens is 1. The van der Waals surface area contributed by atoms with Crippen LogP contribution in [0.15, 0.2) is 65.4 Å². The van der Waals surface area contributed by atoms with Crippen LogP contribution >= 0.6 is 11.8 Å². The lowest BCUT2D eigenvalue weighted by Gasteiger charge is -2.27. The molecule has 2 heterocycles. The summed E-state index contributed by atoms with van der Waals surface area (Å²) in [7, 11) is 0. The molecule has 8 heteroatoms. The lowest BCUT2D eigenvalue weighted by atomic mass is 9.98. The second-order valence-corrected chi connectivity index (χ2v) is 7.52. The molecule has 148 valence electrons. The van der Waals surface area contributed by atoms with Crippen LogP contribution in [-0.2, 0) is 6.54 Å². The molecule has 0 saturated carbocycles. The van der Waals surface area contributed by atoms with Crippen LogP contribution in [-0.4, -0.2) is 42.2 Å². The zero-order chi connectivity index (χ0) is 20.3. The van der Waals surface area contributed by atoms with Crippen molar-refractivity contribution in [2.24, 2.45) is 4.99 Å². The molecule has 0 spiro atoms. The van der Waals surface area contributed by atoms with E-state index >= 15 is 0 Å². The van der Waals surface area contributed by atoms with Gasteiger partial charge in [-0.05, 0) is 28.0 Å². The summed E-state index contributed by atoms with van der Waals surface area (Å²) >= 11 is 6.92. The zero-order valence-corrected chi connectivity index (χ0v) is 16.8. The molecule has 1 atom stereocenters. The van der Waals surface area contributed by atoms with E-state index in [1.807, 2.05) is 24.3 Å². The highest BCUT2D eigenvalue weighted by Crippen LogP contribution is 2.35. The number of benzene rings is 2. The first-order valence-electron chi connectivity index (χ1n) is 9.53. The Morgan fingerprint density at radius 3 is 2.48 bits per heavy atom. The summed E-state index contributed by atoms with van der Waals surface area (Å²) < 4.78 is 0.0318. The first-order chi connectivity index (χ1) is 14.2. The minimum absolute atomic E-state index is 0.0318. The van der Waals surface area contributed by atoms with Crippen molar-refractivity contribution in [3.8, 4) is 22.5 Å². The molecule has 1 aliphatic rings. The molecular weight excluding hydrogens is 388 g/mol. The van der Waals surface area contributed by atoms with Gasteiger partial charge in [0.25, 0.3) is 0 Å². The Kier molecular flexibility index (Phi) is 5.53. The molecule has 1 aliphatic heterocycles. The number of quaternary nitrogens is 1. The van der Waals surface area contributed by atoms with Crippen LogP contribution in [0.1, 0.15) is 25.3 Å². The fourth-order valence-electron chi connectivity index (χ4n) is 3.56. The van der Waals surface area contributed by atoms with Crippen molar-refractivity contribution in [1.82, 2.24) is 20.6 Å². The van der Waals surface area contributed by atoms with Crippen LogP contribution in [0.3, 0.4) is 0 Å². The standard InChI is InChI=1S/C21H22ClN6O/c1-2-5-20-23-12-17(14-29)28(20,22)13-15-8-10-16(11-9-15)18-6-3-4-7-19(18)21-24-26-27-25-21/h3-4,6-12,29H,2,5,13-14H2,1H3,(H,24,25,26,27)/q+1. The van der Waals surface area contributed by atoms with Gasteiger partial charge in [-0.3, -0.25) is 0 Å². The van der Waals surface area contributed by atoms with E-state index in [9.17, 15) is 5.11 Å². The lowest BCUT2D eigenvalue weighted by Crippen LogP contribution is -2.41. The second-order valence-electron chi connectivity index (χ2n) is 6.94. The van der Waals surface area contributed by atoms with Gasteiger partial charge in [-0.15, -0.1) is 9.10 Å². The van der Waals surface area contributed by atoms with Gasteiger partial charge in [-0.2, -0.15) is 0 Å². The van der Waals surface area contributed by atoms with E-state index < -0.39 is 0 Å². The predicted octanol–water partition coefficient (Wildman–Crippen LogP) is 4.05. The number of aliphatic imine (C=N–C) groups is 1. The SMILES string of the molecule is CCCC1=NC=C(CO)[N+]1(Cl)Cc1ccc(-c2ccccc2-c2nnn[nH]2)cc1. The van der Waals surface area contributed by atoms with Gasteiger partial charge < -0.3 is 5.11 Å². The van der Waals surface area contributed by atoms with Crippen molar-refractivity contribution in [2.75, 3.05) is 6.61 Å². The van der Waals surface area contributed by atoms with Crippen LogP contribution in [0.25, 0.3) is 22.5 Å². The van der Waals surface area contributed by atoms with Gasteiger partial charge in [-0.1, -0.05) is 55.5 Å². The van der Waals surface area contributed by atoms with Gasteiger partial charge in [0.05, 0.1) is 6.20 Å². The van der Waals surface area contributed by atoms with Crippen molar-refractivity contribution < 1.29 is 9.11 Å². The van der Waals surface area contributed by atoms with Crippen LogP contribution in [0.2, 0.25) is 0 Å². The number of nitrogens with zero attached hydrogens (tertiary/aromatic N) is 5. The molecule has 1 aromatic heterocycles.